The van der Waals surface area contributed by atoms with Crippen LogP contribution in [0.15, 0.2) is 24.3 Å². The van der Waals surface area contributed by atoms with Gasteiger partial charge in [-0.1, -0.05) is 26.1 Å². The first-order valence-corrected chi connectivity index (χ1v) is 8.30. The Kier molecular flexibility index (Phi) is 5.69. The van der Waals surface area contributed by atoms with Crippen molar-refractivity contribution >= 4 is 29.0 Å². The molecule has 3 nitrogen and oxygen atoms in total. The van der Waals surface area contributed by atoms with Crippen molar-refractivity contribution in [2.24, 2.45) is 5.73 Å². The largest absolute Gasteiger partial charge is 0.492 e. The van der Waals surface area contributed by atoms with Crippen molar-refractivity contribution in [2.45, 2.75) is 24.3 Å². The monoisotopic (exact) mass is 310 g/mol. The summed E-state index contributed by atoms with van der Waals surface area (Å²) in [6.07, 6.45) is 0. The quantitative estimate of drug-likeness (QED) is 0.846. The summed E-state index contributed by atoms with van der Waals surface area (Å²) in [5, 5.41) is 1.42. The zero-order chi connectivity index (χ0) is 14.5. The third-order valence-electron chi connectivity index (χ3n) is 3.31. The van der Waals surface area contributed by atoms with Gasteiger partial charge >= 0.3 is 0 Å². The van der Waals surface area contributed by atoms with Crippen molar-refractivity contribution in [2.75, 3.05) is 26.2 Å². The molecule has 0 bridgehead atoms. The molecular formula is C15H22N2OS2. The standard InChI is InChI=1S/C15H22N2OS2/c1-11-9-17(10-12(2)20-11)7-8-18-14-5-3-13(4-6-14)15(16)19/h3-6,11-12H,7-10H2,1-2H3,(H2,16,19). The van der Waals surface area contributed by atoms with E-state index in [1.54, 1.807) is 0 Å². The van der Waals surface area contributed by atoms with Crippen LogP contribution in [0.5, 0.6) is 5.75 Å². The summed E-state index contributed by atoms with van der Waals surface area (Å²) in [6, 6.07) is 7.65. The Bertz CT molecular complexity index is 440. The predicted molar refractivity (Wildman–Crippen MR) is 90.8 cm³/mol. The van der Waals surface area contributed by atoms with Crippen LogP contribution in [0, 0.1) is 0 Å². The molecule has 2 unspecified atom stereocenters. The molecule has 2 rings (SSSR count). The van der Waals surface area contributed by atoms with Gasteiger partial charge in [-0.05, 0) is 24.3 Å². The van der Waals surface area contributed by atoms with Crippen LogP contribution in [0.4, 0.5) is 0 Å². The Morgan fingerprint density at radius 2 is 1.90 bits per heavy atom. The van der Waals surface area contributed by atoms with E-state index in [0.717, 1.165) is 37.6 Å². The molecule has 1 aliphatic heterocycles. The summed E-state index contributed by atoms with van der Waals surface area (Å²) in [4.78, 5) is 2.90. The van der Waals surface area contributed by atoms with Gasteiger partial charge in [-0.2, -0.15) is 11.8 Å². The first kappa shape index (κ1) is 15.6. The fraction of sp³-hybridized carbons (Fsp3) is 0.533. The molecule has 5 heteroatoms. The molecule has 1 fully saturated rings. The number of nitrogens with zero attached hydrogens (tertiary/aromatic N) is 1. The zero-order valence-corrected chi connectivity index (χ0v) is 13.7. The lowest BCUT2D eigenvalue weighted by molar-refractivity contribution is 0.207. The Morgan fingerprint density at radius 1 is 1.30 bits per heavy atom. The van der Waals surface area contributed by atoms with Crippen molar-refractivity contribution in [1.82, 2.24) is 4.90 Å². The second-order valence-corrected chi connectivity index (χ2v) is 7.58. The van der Waals surface area contributed by atoms with E-state index in [4.69, 9.17) is 22.7 Å². The molecule has 0 aromatic heterocycles. The molecule has 0 radical (unpaired) electrons. The molecule has 0 spiro atoms. The molecule has 2 N–H and O–H groups in total. The Balaban J connectivity index is 1.76. The van der Waals surface area contributed by atoms with Gasteiger partial charge in [0.1, 0.15) is 17.3 Å². The van der Waals surface area contributed by atoms with Gasteiger partial charge in [0.05, 0.1) is 0 Å². The summed E-state index contributed by atoms with van der Waals surface area (Å²) >= 11 is 7.00. The van der Waals surface area contributed by atoms with Gasteiger partial charge in [0.15, 0.2) is 0 Å². The summed E-state index contributed by atoms with van der Waals surface area (Å²) < 4.78 is 5.78. The molecular weight excluding hydrogens is 288 g/mol. The third kappa shape index (κ3) is 4.65. The fourth-order valence-electron chi connectivity index (χ4n) is 2.47. The van der Waals surface area contributed by atoms with Crippen LogP contribution >= 0.6 is 24.0 Å². The second-order valence-electron chi connectivity index (χ2n) is 5.25. The minimum Gasteiger partial charge on any atom is -0.492 e. The Hall–Kier alpha value is -0.780. The number of thioether (sulfide) groups is 1. The number of hydrogen-bond acceptors (Lipinski definition) is 4. The molecule has 1 aromatic carbocycles. The lowest BCUT2D eigenvalue weighted by Gasteiger charge is -2.34. The van der Waals surface area contributed by atoms with Gasteiger partial charge in [-0.15, -0.1) is 0 Å². The number of ether oxygens (including phenoxy) is 1. The van der Waals surface area contributed by atoms with Crippen LogP contribution in [0.2, 0.25) is 0 Å². The van der Waals surface area contributed by atoms with Gasteiger partial charge in [0, 0.05) is 35.7 Å². The lowest BCUT2D eigenvalue weighted by Crippen LogP contribution is -2.42. The van der Waals surface area contributed by atoms with Gasteiger partial charge < -0.3 is 10.5 Å². The minimum atomic E-state index is 0.422. The van der Waals surface area contributed by atoms with Crippen molar-refractivity contribution in [3.05, 3.63) is 29.8 Å². The Morgan fingerprint density at radius 3 is 2.45 bits per heavy atom. The highest BCUT2D eigenvalue weighted by Crippen LogP contribution is 2.24. The number of thiocarbonyl (C=S) groups is 1. The molecule has 0 saturated carbocycles. The average Bonchev–Trinajstić information content (AvgIpc) is 2.38. The SMILES string of the molecule is CC1CN(CCOc2ccc(C(N)=S)cc2)CC(C)S1. The molecule has 1 aromatic rings. The van der Waals surface area contributed by atoms with Gasteiger partial charge in [0.2, 0.25) is 0 Å². The molecule has 1 aliphatic rings. The summed E-state index contributed by atoms with van der Waals surface area (Å²) in [5.41, 5.74) is 6.45. The Labute approximate surface area is 130 Å². The molecule has 2 atom stereocenters. The summed E-state index contributed by atoms with van der Waals surface area (Å²) in [5.74, 6) is 0.873. The number of nitrogens with two attached hydrogens (primary N) is 1. The maximum Gasteiger partial charge on any atom is 0.119 e. The van der Waals surface area contributed by atoms with Crippen molar-refractivity contribution in [3.8, 4) is 5.75 Å². The van der Waals surface area contributed by atoms with Crippen molar-refractivity contribution < 1.29 is 4.74 Å². The van der Waals surface area contributed by atoms with E-state index < -0.39 is 0 Å². The smallest absolute Gasteiger partial charge is 0.119 e. The lowest BCUT2D eigenvalue weighted by atomic mass is 10.2. The molecule has 1 heterocycles. The number of rotatable bonds is 5. The van der Waals surface area contributed by atoms with Crippen molar-refractivity contribution in [3.63, 3.8) is 0 Å². The van der Waals surface area contributed by atoms with E-state index in [1.165, 1.54) is 0 Å². The highest BCUT2D eigenvalue weighted by atomic mass is 32.2. The van der Waals surface area contributed by atoms with Gasteiger partial charge in [0.25, 0.3) is 0 Å². The van der Waals surface area contributed by atoms with E-state index in [2.05, 4.69) is 30.5 Å². The second kappa shape index (κ2) is 7.29. The van der Waals surface area contributed by atoms with E-state index >= 15 is 0 Å². The number of benzene rings is 1. The fourth-order valence-corrected chi connectivity index (χ4v) is 4.00. The van der Waals surface area contributed by atoms with Crippen molar-refractivity contribution in [1.29, 1.82) is 0 Å². The van der Waals surface area contributed by atoms with E-state index in [0.29, 0.717) is 15.5 Å². The first-order valence-electron chi connectivity index (χ1n) is 6.95. The highest BCUT2D eigenvalue weighted by Gasteiger charge is 2.21. The van der Waals surface area contributed by atoms with Crippen LogP contribution in [-0.4, -0.2) is 46.6 Å². The molecule has 0 amide bonds. The van der Waals surface area contributed by atoms with Crippen LogP contribution in [0.25, 0.3) is 0 Å². The maximum absolute atomic E-state index is 5.78. The van der Waals surface area contributed by atoms with Crippen LogP contribution in [0.1, 0.15) is 19.4 Å². The molecule has 1 saturated heterocycles. The minimum absolute atomic E-state index is 0.422. The van der Waals surface area contributed by atoms with E-state index in [-0.39, 0.29) is 0 Å². The van der Waals surface area contributed by atoms with Crippen LogP contribution in [0.3, 0.4) is 0 Å². The average molecular weight is 310 g/mol. The topological polar surface area (TPSA) is 38.5 Å². The maximum atomic E-state index is 5.78. The molecule has 110 valence electrons. The normalized spacial score (nSPS) is 23.5. The summed E-state index contributed by atoms with van der Waals surface area (Å²) in [6.45, 7) is 8.59. The highest BCUT2D eigenvalue weighted by molar-refractivity contribution is 8.00. The molecule has 20 heavy (non-hydrogen) atoms. The molecule has 0 aliphatic carbocycles. The summed E-state index contributed by atoms with van der Waals surface area (Å²) in [7, 11) is 0. The van der Waals surface area contributed by atoms with Crippen LogP contribution < -0.4 is 10.5 Å². The first-order chi connectivity index (χ1) is 9.54. The van der Waals surface area contributed by atoms with Crippen LogP contribution in [-0.2, 0) is 0 Å². The zero-order valence-electron chi connectivity index (χ0n) is 12.0. The number of hydrogen-bond donors (Lipinski definition) is 1. The van der Waals surface area contributed by atoms with Gasteiger partial charge in [-0.25, -0.2) is 0 Å². The van der Waals surface area contributed by atoms with E-state index in [9.17, 15) is 0 Å². The van der Waals surface area contributed by atoms with E-state index in [1.807, 2.05) is 24.3 Å². The third-order valence-corrected chi connectivity index (χ3v) is 4.77. The predicted octanol–water partition coefficient (Wildman–Crippen LogP) is 2.53. The van der Waals surface area contributed by atoms with Gasteiger partial charge in [-0.3, -0.25) is 4.90 Å².